The summed E-state index contributed by atoms with van der Waals surface area (Å²) in [5, 5.41) is 22.1. The molecule has 0 saturated heterocycles. The highest BCUT2D eigenvalue weighted by Crippen LogP contribution is 2.25. The second kappa shape index (κ2) is 8.06. The Hall–Kier alpha value is -3.44. The number of carbonyl (C=O) groups excluding carboxylic acids is 1. The maximum atomic E-state index is 12.9. The van der Waals surface area contributed by atoms with Gasteiger partial charge >= 0.3 is 0 Å². The van der Waals surface area contributed by atoms with Crippen molar-refractivity contribution in [1.29, 1.82) is 5.26 Å². The summed E-state index contributed by atoms with van der Waals surface area (Å²) >= 11 is 1.30. The average molecular weight is 388 g/mol. The van der Waals surface area contributed by atoms with Crippen molar-refractivity contribution in [2.24, 2.45) is 0 Å². The summed E-state index contributed by atoms with van der Waals surface area (Å²) in [6.07, 6.45) is 2.23. The topological polar surface area (TPSA) is 89.4 Å². The Balaban J connectivity index is 1.56. The summed E-state index contributed by atoms with van der Waals surface area (Å²) in [6, 6.07) is 19.5. The van der Waals surface area contributed by atoms with E-state index in [1.165, 1.54) is 11.8 Å². The monoisotopic (exact) mass is 388 g/mol. The molecule has 0 spiro atoms. The Morgan fingerprint density at radius 1 is 1.11 bits per heavy atom. The van der Waals surface area contributed by atoms with Gasteiger partial charge in [-0.3, -0.25) is 4.79 Å². The van der Waals surface area contributed by atoms with Crippen molar-refractivity contribution >= 4 is 28.4 Å². The quantitative estimate of drug-likeness (QED) is 0.355. The minimum atomic E-state index is -0.000445. The second-order valence-corrected chi connectivity index (χ2v) is 7.02. The number of aryl methyl sites for hydroxylation is 1. The Morgan fingerprint density at radius 3 is 2.71 bits per heavy atom. The highest BCUT2D eigenvalue weighted by molar-refractivity contribution is 7.99. The molecule has 0 aliphatic heterocycles. The SMILES string of the molecule is N#CCCn1cc(C(=O)CSc2nnnn2-c2ccccc2)c2ccccc21. The van der Waals surface area contributed by atoms with Crippen molar-refractivity contribution in [3.63, 3.8) is 0 Å². The molecule has 0 radical (unpaired) electrons. The molecule has 0 fully saturated rings. The third-order valence-corrected chi connectivity index (χ3v) is 5.25. The fourth-order valence-electron chi connectivity index (χ4n) is 3.03. The van der Waals surface area contributed by atoms with Gasteiger partial charge in [0.05, 0.1) is 23.9 Å². The lowest BCUT2D eigenvalue weighted by atomic mass is 10.1. The number of nitrogens with zero attached hydrogens (tertiary/aromatic N) is 6. The first kappa shape index (κ1) is 17.9. The lowest BCUT2D eigenvalue weighted by Gasteiger charge is -2.03. The van der Waals surface area contributed by atoms with Crippen LogP contribution in [-0.4, -0.2) is 36.3 Å². The molecule has 0 amide bonds. The lowest BCUT2D eigenvalue weighted by molar-refractivity contribution is 0.102. The van der Waals surface area contributed by atoms with Crippen LogP contribution in [0.25, 0.3) is 16.6 Å². The fraction of sp³-hybridized carbons (Fsp3) is 0.150. The van der Waals surface area contributed by atoms with Crippen molar-refractivity contribution < 1.29 is 4.79 Å². The first-order valence-electron chi connectivity index (χ1n) is 8.72. The zero-order valence-electron chi connectivity index (χ0n) is 14.9. The number of aromatic nitrogens is 5. The second-order valence-electron chi connectivity index (χ2n) is 6.08. The maximum absolute atomic E-state index is 12.9. The Kier molecular flexibility index (Phi) is 5.17. The lowest BCUT2D eigenvalue weighted by Crippen LogP contribution is -2.05. The van der Waals surface area contributed by atoms with Gasteiger partial charge < -0.3 is 4.57 Å². The molecule has 2 aromatic carbocycles. The summed E-state index contributed by atoms with van der Waals surface area (Å²) < 4.78 is 3.58. The van der Waals surface area contributed by atoms with Crippen molar-refractivity contribution in [3.8, 4) is 11.8 Å². The zero-order chi connectivity index (χ0) is 19.3. The van der Waals surface area contributed by atoms with E-state index in [1.807, 2.05) is 65.4 Å². The molecule has 28 heavy (non-hydrogen) atoms. The number of tetrazole rings is 1. The van der Waals surface area contributed by atoms with Crippen LogP contribution in [0.5, 0.6) is 0 Å². The number of benzene rings is 2. The van der Waals surface area contributed by atoms with Gasteiger partial charge in [-0.1, -0.05) is 48.2 Å². The van der Waals surface area contributed by atoms with E-state index in [0.717, 1.165) is 16.6 Å². The van der Waals surface area contributed by atoms with E-state index in [-0.39, 0.29) is 11.5 Å². The van der Waals surface area contributed by atoms with E-state index in [1.54, 1.807) is 4.68 Å². The number of thioether (sulfide) groups is 1. The van der Waals surface area contributed by atoms with Gasteiger partial charge in [0.2, 0.25) is 5.16 Å². The molecule has 0 aliphatic rings. The van der Waals surface area contributed by atoms with Gasteiger partial charge in [0.25, 0.3) is 0 Å². The molecule has 4 rings (SSSR count). The summed E-state index contributed by atoms with van der Waals surface area (Å²) in [5.41, 5.74) is 2.45. The fourth-order valence-corrected chi connectivity index (χ4v) is 3.81. The summed E-state index contributed by atoms with van der Waals surface area (Å²) in [5.74, 6) is 0.221. The highest BCUT2D eigenvalue weighted by atomic mass is 32.2. The molecule has 4 aromatic rings. The number of fused-ring (bicyclic) bond motifs is 1. The predicted molar refractivity (Wildman–Crippen MR) is 106 cm³/mol. The third kappa shape index (κ3) is 3.52. The van der Waals surface area contributed by atoms with Gasteiger partial charge in [-0.2, -0.15) is 9.94 Å². The minimum absolute atomic E-state index is 0.000445. The first-order valence-corrected chi connectivity index (χ1v) is 9.71. The van der Waals surface area contributed by atoms with Crippen molar-refractivity contribution in [2.45, 2.75) is 18.1 Å². The van der Waals surface area contributed by atoms with Crippen LogP contribution in [0, 0.1) is 11.3 Å². The van der Waals surface area contributed by atoms with Gasteiger partial charge in [-0.05, 0) is 28.6 Å². The number of para-hydroxylation sites is 2. The molecular weight excluding hydrogens is 372 g/mol. The molecule has 0 aliphatic carbocycles. The maximum Gasteiger partial charge on any atom is 0.214 e. The molecule has 0 unspecified atom stereocenters. The van der Waals surface area contributed by atoms with E-state index in [4.69, 9.17) is 5.26 Å². The first-order chi connectivity index (χ1) is 13.8. The number of ketones is 1. The van der Waals surface area contributed by atoms with E-state index in [0.29, 0.717) is 23.7 Å². The summed E-state index contributed by atoms with van der Waals surface area (Å²) in [7, 11) is 0. The smallest absolute Gasteiger partial charge is 0.214 e. The minimum Gasteiger partial charge on any atom is -0.346 e. The van der Waals surface area contributed by atoms with Crippen molar-refractivity contribution in [1.82, 2.24) is 24.8 Å². The third-order valence-electron chi connectivity index (χ3n) is 4.33. The molecule has 0 bridgehead atoms. The van der Waals surface area contributed by atoms with E-state index < -0.39 is 0 Å². The molecule has 2 heterocycles. The Morgan fingerprint density at radius 2 is 1.89 bits per heavy atom. The molecule has 0 atom stereocenters. The number of rotatable bonds is 7. The largest absolute Gasteiger partial charge is 0.346 e. The number of carbonyl (C=O) groups is 1. The van der Waals surface area contributed by atoms with Crippen LogP contribution in [0.3, 0.4) is 0 Å². The van der Waals surface area contributed by atoms with E-state index in [2.05, 4.69) is 21.6 Å². The Labute approximate surface area is 165 Å². The molecule has 2 aromatic heterocycles. The summed E-state index contributed by atoms with van der Waals surface area (Å²) in [6.45, 7) is 0.559. The standard InChI is InChI=1S/C20H16N6OS/c21-11-6-12-25-13-17(16-9-4-5-10-18(16)25)19(27)14-28-20-22-23-24-26(20)15-7-2-1-3-8-15/h1-5,7-10,13H,6,12,14H2. The number of hydrogen-bond acceptors (Lipinski definition) is 6. The van der Waals surface area contributed by atoms with Crippen LogP contribution in [0.2, 0.25) is 0 Å². The van der Waals surface area contributed by atoms with Crippen molar-refractivity contribution in [3.05, 3.63) is 66.4 Å². The Bertz CT molecular complexity index is 1160. The van der Waals surface area contributed by atoms with Gasteiger partial charge in [0.1, 0.15) is 0 Å². The molecule has 138 valence electrons. The van der Waals surface area contributed by atoms with Crippen LogP contribution in [0.4, 0.5) is 0 Å². The van der Waals surface area contributed by atoms with E-state index in [9.17, 15) is 4.79 Å². The van der Waals surface area contributed by atoms with Gasteiger partial charge in [-0.15, -0.1) is 5.10 Å². The molecular formula is C20H16N6OS. The summed E-state index contributed by atoms with van der Waals surface area (Å²) in [4.78, 5) is 12.9. The van der Waals surface area contributed by atoms with Crippen LogP contribution >= 0.6 is 11.8 Å². The molecule has 7 nitrogen and oxygen atoms in total. The number of nitriles is 1. The zero-order valence-corrected chi connectivity index (χ0v) is 15.7. The van der Waals surface area contributed by atoms with Gasteiger partial charge in [-0.25, -0.2) is 0 Å². The van der Waals surface area contributed by atoms with E-state index >= 15 is 0 Å². The normalized spacial score (nSPS) is 10.8. The molecule has 0 saturated carbocycles. The van der Waals surface area contributed by atoms with Crippen LogP contribution in [-0.2, 0) is 6.54 Å². The number of hydrogen-bond donors (Lipinski definition) is 0. The van der Waals surface area contributed by atoms with Gasteiger partial charge in [0, 0.05) is 29.2 Å². The molecule has 8 heteroatoms. The number of Topliss-reactive ketones (excluding diaryl/α,β-unsaturated/α-hetero) is 1. The highest BCUT2D eigenvalue weighted by Gasteiger charge is 2.17. The van der Waals surface area contributed by atoms with Gasteiger partial charge in [0.15, 0.2) is 5.78 Å². The van der Waals surface area contributed by atoms with Crippen LogP contribution in [0.1, 0.15) is 16.8 Å². The van der Waals surface area contributed by atoms with Crippen LogP contribution in [0.15, 0.2) is 66.0 Å². The van der Waals surface area contributed by atoms with Crippen molar-refractivity contribution in [2.75, 3.05) is 5.75 Å². The average Bonchev–Trinajstić information content (AvgIpc) is 3.36. The molecule has 0 N–H and O–H groups in total. The van der Waals surface area contributed by atoms with Crippen LogP contribution < -0.4 is 0 Å². The predicted octanol–water partition coefficient (Wildman–Crippen LogP) is 3.51.